The molecule has 0 unspecified atom stereocenters. The van der Waals surface area contributed by atoms with Gasteiger partial charge in [-0.15, -0.1) is 0 Å². The van der Waals surface area contributed by atoms with E-state index in [0.29, 0.717) is 29.0 Å². The number of carboxylic acids is 1. The molecule has 0 aliphatic carbocycles. The fourth-order valence-electron chi connectivity index (χ4n) is 3.58. The van der Waals surface area contributed by atoms with Crippen LogP contribution in [0.2, 0.25) is 0 Å². The maximum atomic E-state index is 11.5. The summed E-state index contributed by atoms with van der Waals surface area (Å²) in [6.45, 7) is 2.75. The SMILES string of the molecule is CCCCc1nc2c(N)ncnc2n1Cc1ccc(-c2ccccc2C(=O)O)cc1. The highest BCUT2D eigenvalue weighted by molar-refractivity contribution is 5.96. The van der Waals surface area contributed by atoms with Crippen molar-refractivity contribution in [3.63, 3.8) is 0 Å². The number of rotatable bonds is 7. The summed E-state index contributed by atoms with van der Waals surface area (Å²) in [5.74, 6) is 0.397. The van der Waals surface area contributed by atoms with E-state index in [1.165, 1.54) is 6.33 Å². The van der Waals surface area contributed by atoms with Crippen molar-refractivity contribution in [2.24, 2.45) is 0 Å². The average molecular weight is 401 g/mol. The molecule has 3 N–H and O–H groups in total. The molecule has 0 fully saturated rings. The molecule has 30 heavy (non-hydrogen) atoms. The van der Waals surface area contributed by atoms with Gasteiger partial charge in [-0.2, -0.15) is 0 Å². The third-order valence-corrected chi connectivity index (χ3v) is 5.16. The first kappa shape index (κ1) is 19.6. The number of carboxylic acid groups (broad SMARTS) is 1. The Morgan fingerprint density at radius 3 is 2.60 bits per heavy atom. The summed E-state index contributed by atoms with van der Waals surface area (Å²) in [5.41, 5.74) is 10.3. The van der Waals surface area contributed by atoms with Gasteiger partial charge >= 0.3 is 5.97 Å². The number of fused-ring (bicyclic) bond motifs is 1. The third kappa shape index (κ3) is 3.74. The van der Waals surface area contributed by atoms with Crippen molar-refractivity contribution in [2.45, 2.75) is 32.7 Å². The fraction of sp³-hybridized carbons (Fsp3) is 0.217. The number of hydrogen-bond donors (Lipinski definition) is 2. The van der Waals surface area contributed by atoms with Crippen molar-refractivity contribution in [2.75, 3.05) is 5.73 Å². The van der Waals surface area contributed by atoms with E-state index in [4.69, 9.17) is 5.73 Å². The number of imidazole rings is 1. The van der Waals surface area contributed by atoms with Gasteiger partial charge < -0.3 is 15.4 Å². The van der Waals surface area contributed by atoms with Gasteiger partial charge in [0.25, 0.3) is 0 Å². The normalized spacial score (nSPS) is 11.1. The van der Waals surface area contributed by atoms with E-state index < -0.39 is 5.97 Å². The molecule has 0 radical (unpaired) electrons. The average Bonchev–Trinajstić information content (AvgIpc) is 3.11. The van der Waals surface area contributed by atoms with Crippen LogP contribution in [0, 0.1) is 0 Å². The third-order valence-electron chi connectivity index (χ3n) is 5.16. The first-order chi connectivity index (χ1) is 14.6. The van der Waals surface area contributed by atoms with Gasteiger partial charge in [-0.25, -0.2) is 19.7 Å². The molecule has 4 aromatic rings. The van der Waals surface area contributed by atoms with Crippen LogP contribution in [0.15, 0.2) is 54.9 Å². The topological polar surface area (TPSA) is 107 Å². The zero-order valence-electron chi connectivity index (χ0n) is 16.7. The summed E-state index contributed by atoms with van der Waals surface area (Å²) >= 11 is 0. The number of aromatic carboxylic acids is 1. The lowest BCUT2D eigenvalue weighted by atomic mass is 9.99. The molecular weight excluding hydrogens is 378 g/mol. The minimum atomic E-state index is -0.933. The number of nitrogens with zero attached hydrogens (tertiary/aromatic N) is 4. The lowest BCUT2D eigenvalue weighted by Gasteiger charge is -2.10. The molecule has 0 saturated heterocycles. The number of unbranched alkanes of at least 4 members (excludes halogenated alkanes) is 1. The van der Waals surface area contributed by atoms with Gasteiger partial charge in [0.2, 0.25) is 0 Å². The molecule has 0 bridgehead atoms. The van der Waals surface area contributed by atoms with Crippen LogP contribution in [0.25, 0.3) is 22.3 Å². The van der Waals surface area contributed by atoms with Crippen molar-refractivity contribution < 1.29 is 9.90 Å². The molecular formula is C23H23N5O2. The van der Waals surface area contributed by atoms with Gasteiger partial charge in [0, 0.05) is 6.42 Å². The van der Waals surface area contributed by atoms with Crippen LogP contribution < -0.4 is 5.73 Å². The number of aryl methyl sites for hydroxylation is 1. The summed E-state index contributed by atoms with van der Waals surface area (Å²) in [4.78, 5) is 24.7. The van der Waals surface area contributed by atoms with Gasteiger partial charge in [0.15, 0.2) is 17.0 Å². The van der Waals surface area contributed by atoms with Crippen LogP contribution >= 0.6 is 0 Å². The standard InChI is InChI=1S/C23H23N5O2/c1-2-3-8-19-27-20-21(24)25-14-26-22(20)28(19)13-15-9-11-16(12-10-15)17-6-4-5-7-18(17)23(29)30/h4-7,9-12,14H,2-3,8,13H2,1H3,(H,29,30)(H2,24,25,26). The molecule has 0 saturated carbocycles. The summed E-state index contributed by atoms with van der Waals surface area (Å²) in [6, 6.07) is 14.9. The van der Waals surface area contributed by atoms with E-state index in [1.807, 2.05) is 36.4 Å². The predicted molar refractivity (Wildman–Crippen MR) is 116 cm³/mol. The second-order valence-corrected chi connectivity index (χ2v) is 7.20. The van der Waals surface area contributed by atoms with Crippen LogP contribution in [-0.2, 0) is 13.0 Å². The number of nitrogens with two attached hydrogens (primary N) is 1. The molecule has 152 valence electrons. The number of aromatic nitrogens is 4. The van der Waals surface area contributed by atoms with E-state index in [-0.39, 0.29) is 0 Å². The number of anilines is 1. The molecule has 2 aromatic carbocycles. The van der Waals surface area contributed by atoms with Crippen molar-refractivity contribution >= 4 is 23.0 Å². The smallest absolute Gasteiger partial charge is 0.336 e. The van der Waals surface area contributed by atoms with Crippen molar-refractivity contribution in [1.82, 2.24) is 19.5 Å². The van der Waals surface area contributed by atoms with Gasteiger partial charge in [-0.3, -0.25) is 0 Å². The van der Waals surface area contributed by atoms with Crippen LogP contribution in [0.3, 0.4) is 0 Å². The Balaban J connectivity index is 1.68. The number of benzene rings is 2. The molecule has 0 spiro atoms. The minimum Gasteiger partial charge on any atom is -0.478 e. The highest BCUT2D eigenvalue weighted by atomic mass is 16.4. The maximum Gasteiger partial charge on any atom is 0.336 e. The Morgan fingerprint density at radius 2 is 1.87 bits per heavy atom. The van der Waals surface area contributed by atoms with E-state index in [0.717, 1.165) is 41.9 Å². The van der Waals surface area contributed by atoms with Crippen LogP contribution in [0.1, 0.15) is 41.5 Å². The predicted octanol–water partition coefficient (Wildman–Crippen LogP) is 4.16. The molecule has 2 aromatic heterocycles. The Morgan fingerprint density at radius 1 is 1.10 bits per heavy atom. The Labute approximate surface area is 174 Å². The first-order valence-corrected chi connectivity index (χ1v) is 9.95. The molecule has 0 atom stereocenters. The molecule has 0 aliphatic heterocycles. The second-order valence-electron chi connectivity index (χ2n) is 7.20. The van der Waals surface area contributed by atoms with Crippen LogP contribution in [0.5, 0.6) is 0 Å². The van der Waals surface area contributed by atoms with Crippen LogP contribution in [-0.4, -0.2) is 30.6 Å². The monoisotopic (exact) mass is 401 g/mol. The highest BCUT2D eigenvalue weighted by Crippen LogP contribution is 2.25. The van der Waals surface area contributed by atoms with Crippen LogP contribution in [0.4, 0.5) is 5.82 Å². The highest BCUT2D eigenvalue weighted by Gasteiger charge is 2.15. The van der Waals surface area contributed by atoms with Gasteiger partial charge in [0.1, 0.15) is 12.2 Å². The molecule has 0 aliphatic rings. The molecule has 0 amide bonds. The zero-order chi connectivity index (χ0) is 21.1. The van der Waals surface area contributed by atoms with E-state index >= 15 is 0 Å². The number of carbonyl (C=O) groups is 1. The van der Waals surface area contributed by atoms with Crippen molar-refractivity contribution in [3.8, 4) is 11.1 Å². The molecule has 7 nitrogen and oxygen atoms in total. The van der Waals surface area contributed by atoms with E-state index in [1.54, 1.807) is 12.1 Å². The summed E-state index contributed by atoms with van der Waals surface area (Å²) in [6.07, 6.45) is 4.41. The van der Waals surface area contributed by atoms with Crippen molar-refractivity contribution in [3.05, 3.63) is 71.8 Å². The Kier molecular flexibility index (Phi) is 5.43. The quantitative estimate of drug-likeness (QED) is 0.481. The lowest BCUT2D eigenvalue weighted by molar-refractivity contribution is 0.0697. The van der Waals surface area contributed by atoms with E-state index in [9.17, 15) is 9.90 Å². The summed E-state index contributed by atoms with van der Waals surface area (Å²) in [7, 11) is 0. The lowest BCUT2D eigenvalue weighted by Crippen LogP contribution is -2.06. The molecule has 7 heteroatoms. The maximum absolute atomic E-state index is 11.5. The summed E-state index contributed by atoms with van der Waals surface area (Å²) in [5, 5.41) is 9.44. The van der Waals surface area contributed by atoms with Gasteiger partial charge in [0.05, 0.1) is 12.1 Å². The fourth-order valence-corrected chi connectivity index (χ4v) is 3.58. The van der Waals surface area contributed by atoms with E-state index in [2.05, 4.69) is 26.4 Å². The molecule has 4 rings (SSSR count). The Hall–Kier alpha value is -3.74. The van der Waals surface area contributed by atoms with Gasteiger partial charge in [-0.1, -0.05) is 55.8 Å². The Bertz CT molecular complexity index is 1200. The van der Waals surface area contributed by atoms with Crippen molar-refractivity contribution in [1.29, 1.82) is 0 Å². The molecule has 2 heterocycles. The number of hydrogen-bond acceptors (Lipinski definition) is 5. The largest absolute Gasteiger partial charge is 0.478 e. The number of nitrogen functional groups attached to an aromatic ring is 1. The second kappa shape index (κ2) is 8.32. The zero-order valence-corrected chi connectivity index (χ0v) is 16.7. The minimum absolute atomic E-state index is 0.292. The van der Waals surface area contributed by atoms with Gasteiger partial charge in [-0.05, 0) is 29.2 Å². The first-order valence-electron chi connectivity index (χ1n) is 9.95. The summed E-state index contributed by atoms with van der Waals surface area (Å²) < 4.78 is 2.09.